The normalized spacial score (nSPS) is 11.2. The summed E-state index contributed by atoms with van der Waals surface area (Å²) in [5.41, 5.74) is 3.87. The van der Waals surface area contributed by atoms with Gasteiger partial charge in [0.1, 0.15) is 0 Å². The molecule has 0 aliphatic rings. The standard InChI is InChI=1S/C18H21NO3/c1-11(2)14-6-5-7-15(12(3)4)18(14)13-8-9-17(20)16(10-13)19(21)22/h5-12,20H,1-4H3. The molecular weight excluding hydrogens is 278 g/mol. The van der Waals surface area contributed by atoms with E-state index in [1.54, 1.807) is 6.07 Å². The number of nitro groups is 1. The molecule has 22 heavy (non-hydrogen) atoms. The highest BCUT2D eigenvalue weighted by Gasteiger charge is 2.19. The van der Waals surface area contributed by atoms with Crippen molar-refractivity contribution in [3.63, 3.8) is 0 Å². The summed E-state index contributed by atoms with van der Waals surface area (Å²) in [6.45, 7) is 8.44. The number of phenols is 1. The second-order valence-corrected chi connectivity index (χ2v) is 6.08. The van der Waals surface area contributed by atoms with E-state index in [0.717, 1.165) is 22.3 Å². The van der Waals surface area contributed by atoms with Gasteiger partial charge in [-0.3, -0.25) is 10.1 Å². The molecule has 0 atom stereocenters. The summed E-state index contributed by atoms with van der Waals surface area (Å²) in [7, 11) is 0. The van der Waals surface area contributed by atoms with Gasteiger partial charge in [0, 0.05) is 6.07 Å². The summed E-state index contributed by atoms with van der Waals surface area (Å²) in [6.07, 6.45) is 0. The Balaban J connectivity index is 2.75. The van der Waals surface area contributed by atoms with Crippen molar-refractivity contribution < 1.29 is 10.0 Å². The maximum Gasteiger partial charge on any atom is 0.311 e. The predicted molar refractivity (Wildman–Crippen MR) is 88.4 cm³/mol. The molecular formula is C18H21NO3. The van der Waals surface area contributed by atoms with Crippen molar-refractivity contribution in [3.05, 3.63) is 57.6 Å². The van der Waals surface area contributed by atoms with Gasteiger partial charge < -0.3 is 5.11 Å². The molecule has 0 amide bonds. The average Bonchev–Trinajstić information content (AvgIpc) is 2.46. The molecule has 0 saturated heterocycles. The summed E-state index contributed by atoms with van der Waals surface area (Å²) in [5.74, 6) is 0.310. The molecule has 0 spiro atoms. The molecule has 0 radical (unpaired) electrons. The first-order valence-corrected chi connectivity index (χ1v) is 7.43. The summed E-state index contributed by atoms with van der Waals surface area (Å²) < 4.78 is 0. The Kier molecular flexibility index (Phi) is 4.50. The molecule has 0 bridgehead atoms. The van der Waals surface area contributed by atoms with Gasteiger partial charge in [-0.2, -0.15) is 0 Å². The van der Waals surface area contributed by atoms with Crippen LogP contribution in [0.15, 0.2) is 36.4 Å². The Morgan fingerprint density at radius 1 is 1.00 bits per heavy atom. The van der Waals surface area contributed by atoms with Gasteiger partial charge in [-0.25, -0.2) is 0 Å². The molecule has 0 aromatic heterocycles. The quantitative estimate of drug-likeness (QED) is 0.622. The zero-order valence-corrected chi connectivity index (χ0v) is 13.3. The minimum Gasteiger partial charge on any atom is -0.502 e. The number of rotatable bonds is 4. The minimum absolute atomic E-state index is 0.259. The first-order valence-electron chi connectivity index (χ1n) is 7.43. The van der Waals surface area contributed by atoms with Crippen LogP contribution in [0.3, 0.4) is 0 Å². The Morgan fingerprint density at radius 3 is 2.00 bits per heavy atom. The predicted octanol–water partition coefficient (Wildman–Crippen LogP) is 5.21. The summed E-state index contributed by atoms with van der Waals surface area (Å²) in [6, 6.07) is 10.8. The van der Waals surface area contributed by atoms with Crippen LogP contribution in [-0.4, -0.2) is 10.0 Å². The fourth-order valence-electron chi connectivity index (χ4n) is 2.71. The van der Waals surface area contributed by atoms with Crippen molar-refractivity contribution in [3.8, 4) is 16.9 Å². The van der Waals surface area contributed by atoms with Crippen LogP contribution in [0.5, 0.6) is 5.75 Å². The number of phenolic OH excluding ortho intramolecular Hbond substituents is 1. The lowest BCUT2D eigenvalue weighted by molar-refractivity contribution is -0.385. The second kappa shape index (κ2) is 6.18. The Labute approximate surface area is 130 Å². The number of hydrogen-bond donors (Lipinski definition) is 1. The summed E-state index contributed by atoms with van der Waals surface area (Å²) >= 11 is 0. The second-order valence-electron chi connectivity index (χ2n) is 6.08. The van der Waals surface area contributed by atoms with E-state index in [2.05, 4.69) is 39.8 Å². The number of benzene rings is 2. The largest absolute Gasteiger partial charge is 0.502 e. The van der Waals surface area contributed by atoms with Gasteiger partial charge in [-0.15, -0.1) is 0 Å². The van der Waals surface area contributed by atoms with Gasteiger partial charge in [-0.05, 0) is 40.2 Å². The van der Waals surface area contributed by atoms with Crippen molar-refractivity contribution in [1.29, 1.82) is 0 Å². The molecule has 0 heterocycles. The molecule has 2 aromatic rings. The molecule has 0 aliphatic carbocycles. The molecule has 4 heteroatoms. The third kappa shape index (κ3) is 2.96. The highest BCUT2D eigenvalue weighted by Crippen LogP contribution is 2.39. The molecule has 4 nitrogen and oxygen atoms in total. The van der Waals surface area contributed by atoms with Gasteiger partial charge in [0.2, 0.25) is 0 Å². The monoisotopic (exact) mass is 299 g/mol. The van der Waals surface area contributed by atoms with E-state index in [1.807, 2.05) is 6.07 Å². The van der Waals surface area contributed by atoms with Crippen molar-refractivity contribution in [1.82, 2.24) is 0 Å². The van der Waals surface area contributed by atoms with E-state index >= 15 is 0 Å². The average molecular weight is 299 g/mol. The molecule has 116 valence electrons. The van der Waals surface area contributed by atoms with Gasteiger partial charge in [0.05, 0.1) is 4.92 Å². The third-order valence-corrected chi connectivity index (χ3v) is 3.83. The molecule has 0 fully saturated rings. The topological polar surface area (TPSA) is 63.4 Å². The van der Waals surface area contributed by atoms with Gasteiger partial charge in [0.15, 0.2) is 5.75 Å². The number of nitro benzene ring substituents is 1. The van der Waals surface area contributed by atoms with Crippen LogP contribution >= 0.6 is 0 Å². The van der Waals surface area contributed by atoms with E-state index in [9.17, 15) is 15.2 Å². The van der Waals surface area contributed by atoms with Crippen LogP contribution in [0.1, 0.15) is 50.7 Å². The lowest BCUT2D eigenvalue weighted by Gasteiger charge is -2.20. The Bertz CT molecular complexity index is 679. The van der Waals surface area contributed by atoms with Gasteiger partial charge in [0.25, 0.3) is 0 Å². The van der Waals surface area contributed by atoms with Crippen LogP contribution in [0.2, 0.25) is 0 Å². The van der Waals surface area contributed by atoms with Crippen molar-refractivity contribution in [2.24, 2.45) is 0 Å². The minimum atomic E-state index is -0.550. The summed E-state index contributed by atoms with van der Waals surface area (Å²) in [5, 5.41) is 20.8. The van der Waals surface area contributed by atoms with E-state index in [-0.39, 0.29) is 11.4 Å². The van der Waals surface area contributed by atoms with Crippen LogP contribution in [0.25, 0.3) is 11.1 Å². The van der Waals surface area contributed by atoms with E-state index in [1.165, 1.54) is 12.1 Å². The maximum absolute atomic E-state index is 11.1. The molecule has 0 aliphatic heterocycles. The fraction of sp³-hybridized carbons (Fsp3) is 0.333. The molecule has 0 unspecified atom stereocenters. The lowest BCUT2D eigenvalue weighted by Crippen LogP contribution is -2.00. The highest BCUT2D eigenvalue weighted by molar-refractivity contribution is 5.75. The van der Waals surface area contributed by atoms with Crippen LogP contribution in [-0.2, 0) is 0 Å². The number of aromatic hydroxyl groups is 1. The lowest BCUT2D eigenvalue weighted by atomic mass is 9.85. The number of hydrogen-bond acceptors (Lipinski definition) is 3. The van der Waals surface area contributed by atoms with Crippen molar-refractivity contribution >= 4 is 5.69 Å². The first kappa shape index (κ1) is 16.0. The zero-order chi connectivity index (χ0) is 16.4. The SMILES string of the molecule is CC(C)c1cccc(C(C)C)c1-c1ccc(O)c([N+](=O)[O-])c1. The molecule has 2 aromatic carbocycles. The van der Waals surface area contributed by atoms with Crippen molar-refractivity contribution in [2.75, 3.05) is 0 Å². The maximum atomic E-state index is 11.1. The summed E-state index contributed by atoms with van der Waals surface area (Å²) in [4.78, 5) is 10.5. The van der Waals surface area contributed by atoms with Gasteiger partial charge in [-0.1, -0.05) is 52.0 Å². The van der Waals surface area contributed by atoms with Crippen LogP contribution in [0.4, 0.5) is 5.69 Å². The molecule has 2 rings (SSSR count). The Morgan fingerprint density at radius 2 is 1.55 bits per heavy atom. The van der Waals surface area contributed by atoms with E-state index < -0.39 is 4.92 Å². The Hall–Kier alpha value is -2.36. The van der Waals surface area contributed by atoms with Crippen molar-refractivity contribution in [2.45, 2.75) is 39.5 Å². The molecule has 0 saturated carbocycles. The highest BCUT2D eigenvalue weighted by atomic mass is 16.6. The fourth-order valence-corrected chi connectivity index (χ4v) is 2.71. The molecule has 1 N–H and O–H groups in total. The van der Waals surface area contributed by atoms with E-state index in [4.69, 9.17) is 0 Å². The van der Waals surface area contributed by atoms with Crippen LogP contribution < -0.4 is 0 Å². The van der Waals surface area contributed by atoms with Crippen LogP contribution in [0, 0.1) is 10.1 Å². The zero-order valence-electron chi connectivity index (χ0n) is 13.3. The third-order valence-electron chi connectivity index (χ3n) is 3.83. The first-order chi connectivity index (χ1) is 10.3. The number of nitrogens with zero attached hydrogens (tertiary/aromatic N) is 1. The van der Waals surface area contributed by atoms with Gasteiger partial charge >= 0.3 is 5.69 Å². The smallest absolute Gasteiger partial charge is 0.311 e. The van der Waals surface area contributed by atoms with E-state index in [0.29, 0.717) is 11.8 Å².